The molecule has 0 radical (unpaired) electrons. The minimum absolute atomic E-state index is 0.111. The van der Waals surface area contributed by atoms with E-state index in [9.17, 15) is 5.11 Å². The van der Waals surface area contributed by atoms with Gasteiger partial charge in [0.25, 0.3) is 0 Å². The second-order valence-corrected chi connectivity index (χ2v) is 5.42. The zero-order valence-electron chi connectivity index (χ0n) is 10.00. The van der Waals surface area contributed by atoms with Gasteiger partial charge >= 0.3 is 0 Å². The summed E-state index contributed by atoms with van der Waals surface area (Å²) in [5.74, 6) is 2.71. The molecular weight excluding hydrogens is 172 g/mol. The highest BCUT2D eigenvalue weighted by Gasteiger charge is 2.22. The monoisotopic (exact) mass is 198 g/mol. The summed E-state index contributed by atoms with van der Waals surface area (Å²) in [5, 5.41) is 9.24. The number of hydrogen-bond acceptors (Lipinski definition) is 1. The van der Waals surface area contributed by atoms with Gasteiger partial charge in [0.05, 0.1) is 6.10 Å². The summed E-state index contributed by atoms with van der Waals surface area (Å²) in [6.07, 6.45) is 7.75. The SMILES string of the molecule is CC(O)CCC(C)C1CCC(C)CC1. The first-order chi connectivity index (χ1) is 6.59. The molecule has 1 aliphatic rings. The zero-order chi connectivity index (χ0) is 10.6. The van der Waals surface area contributed by atoms with Crippen LogP contribution in [0.4, 0.5) is 0 Å². The molecule has 0 spiro atoms. The van der Waals surface area contributed by atoms with Gasteiger partial charge in [-0.05, 0) is 50.4 Å². The number of aliphatic hydroxyl groups excluding tert-OH is 1. The smallest absolute Gasteiger partial charge is 0.0512 e. The largest absolute Gasteiger partial charge is 0.393 e. The molecule has 1 nitrogen and oxygen atoms in total. The van der Waals surface area contributed by atoms with Gasteiger partial charge in [-0.25, -0.2) is 0 Å². The molecule has 2 unspecified atom stereocenters. The second kappa shape index (κ2) is 5.75. The van der Waals surface area contributed by atoms with Crippen molar-refractivity contribution in [1.82, 2.24) is 0 Å². The van der Waals surface area contributed by atoms with Crippen molar-refractivity contribution in [3.05, 3.63) is 0 Å². The van der Waals surface area contributed by atoms with E-state index in [0.717, 1.165) is 24.2 Å². The third kappa shape index (κ3) is 4.00. The van der Waals surface area contributed by atoms with Crippen molar-refractivity contribution >= 4 is 0 Å². The molecule has 84 valence electrons. The first-order valence-corrected chi connectivity index (χ1v) is 6.27. The Morgan fingerprint density at radius 2 is 1.64 bits per heavy atom. The average molecular weight is 198 g/mol. The Hall–Kier alpha value is -0.0400. The summed E-state index contributed by atoms with van der Waals surface area (Å²) in [4.78, 5) is 0. The molecule has 0 amide bonds. The van der Waals surface area contributed by atoms with Crippen molar-refractivity contribution in [3.63, 3.8) is 0 Å². The van der Waals surface area contributed by atoms with Crippen LogP contribution in [-0.4, -0.2) is 11.2 Å². The lowest BCUT2D eigenvalue weighted by molar-refractivity contribution is 0.153. The van der Waals surface area contributed by atoms with Crippen molar-refractivity contribution in [2.45, 2.75) is 65.4 Å². The van der Waals surface area contributed by atoms with Gasteiger partial charge in [0.15, 0.2) is 0 Å². The predicted molar refractivity (Wildman–Crippen MR) is 61.2 cm³/mol. The molecule has 2 atom stereocenters. The lowest BCUT2D eigenvalue weighted by Gasteiger charge is -2.31. The maximum Gasteiger partial charge on any atom is 0.0512 e. The van der Waals surface area contributed by atoms with Crippen LogP contribution in [0.2, 0.25) is 0 Å². The summed E-state index contributed by atoms with van der Waals surface area (Å²) >= 11 is 0. The minimum Gasteiger partial charge on any atom is -0.393 e. The summed E-state index contributed by atoms with van der Waals surface area (Å²) in [7, 11) is 0. The van der Waals surface area contributed by atoms with E-state index < -0.39 is 0 Å². The molecule has 0 bridgehead atoms. The fourth-order valence-corrected chi connectivity index (χ4v) is 2.59. The standard InChI is InChI=1S/C13H26O/c1-10-4-8-13(9-5-10)11(2)6-7-12(3)14/h10-14H,4-9H2,1-3H3. The molecule has 0 aromatic rings. The van der Waals surface area contributed by atoms with Crippen LogP contribution in [0.1, 0.15) is 59.3 Å². The van der Waals surface area contributed by atoms with Crippen LogP contribution < -0.4 is 0 Å². The van der Waals surface area contributed by atoms with Gasteiger partial charge in [0.1, 0.15) is 0 Å². The first kappa shape index (κ1) is 12.0. The van der Waals surface area contributed by atoms with Gasteiger partial charge < -0.3 is 5.11 Å². The third-order valence-electron chi connectivity index (χ3n) is 3.91. The Balaban J connectivity index is 2.20. The van der Waals surface area contributed by atoms with Crippen LogP contribution in [0.5, 0.6) is 0 Å². The van der Waals surface area contributed by atoms with Gasteiger partial charge in [-0.15, -0.1) is 0 Å². The lowest BCUT2D eigenvalue weighted by atomic mass is 9.75. The maximum absolute atomic E-state index is 9.24. The van der Waals surface area contributed by atoms with Crippen LogP contribution in [0.15, 0.2) is 0 Å². The first-order valence-electron chi connectivity index (χ1n) is 6.27. The fraction of sp³-hybridized carbons (Fsp3) is 1.00. The molecule has 0 saturated heterocycles. The topological polar surface area (TPSA) is 20.2 Å². The summed E-state index contributed by atoms with van der Waals surface area (Å²) in [6.45, 7) is 6.63. The van der Waals surface area contributed by atoms with E-state index in [-0.39, 0.29) is 6.10 Å². The highest BCUT2D eigenvalue weighted by atomic mass is 16.3. The molecule has 1 heteroatoms. The molecular formula is C13H26O. The molecule has 0 aliphatic heterocycles. The molecule has 1 saturated carbocycles. The van der Waals surface area contributed by atoms with Crippen LogP contribution in [0.25, 0.3) is 0 Å². The van der Waals surface area contributed by atoms with E-state index in [0.29, 0.717) is 0 Å². The van der Waals surface area contributed by atoms with E-state index in [1.165, 1.54) is 32.1 Å². The molecule has 0 heterocycles. The van der Waals surface area contributed by atoms with Crippen molar-refractivity contribution in [1.29, 1.82) is 0 Å². The van der Waals surface area contributed by atoms with E-state index >= 15 is 0 Å². The summed E-state index contributed by atoms with van der Waals surface area (Å²) in [6, 6.07) is 0. The molecule has 1 fully saturated rings. The maximum atomic E-state index is 9.24. The van der Waals surface area contributed by atoms with Gasteiger partial charge in [0, 0.05) is 0 Å². The predicted octanol–water partition coefficient (Wildman–Crippen LogP) is 3.61. The van der Waals surface area contributed by atoms with Crippen molar-refractivity contribution in [3.8, 4) is 0 Å². The summed E-state index contributed by atoms with van der Waals surface area (Å²) < 4.78 is 0. The summed E-state index contributed by atoms with van der Waals surface area (Å²) in [5.41, 5.74) is 0. The quantitative estimate of drug-likeness (QED) is 0.731. The number of aliphatic hydroxyl groups is 1. The van der Waals surface area contributed by atoms with Crippen molar-refractivity contribution < 1.29 is 5.11 Å². The third-order valence-corrected chi connectivity index (χ3v) is 3.91. The van der Waals surface area contributed by atoms with Crippen LogP contribution in [0, 0.1) is 17.8 Å². The highest BCUT2D eigenvalue weighted by molar-refractivity contribution is 4.74. The number of hydrogen-bond donors (Lipinski definition) is 1. The van der Waals surface area contributed by atoms with Gasteiger partial charge in [0.2, 0.25) is 0 Å². The van der Waals surface area contributed by atoms with E-state index in [1.807, 2.05) is 6.92 Å². The molecule has 14 heavy (non-hydrogen) atoms. The Labute approximate surface area is 88.9 Å². The van der Waals surface area contributed by atoms with E-state index in [1.54, 1.807) is 0 Å². The molecule has 1 rings (SSSR count). The minimum atomic E-state index is -0.111. The molecule has 1 N–H and O–H groups in total. The fourth-order valence-electron chi connectivity index (χ4n) is 2.59. The van der Waals surface area contributed by atoms with Gasteiger partial charge in [-0.2, -0.15) is 0 Å². The van der Waals surface area contributed by atoms with Crippen LogP contribution >= 0.6 is 0 Å². The van der Waals surface area contributed by atoms with E-state index in [2.05, 4.69) is 13.8 Å². The molecule has 0 aromatic carbocycles. The zero-order valence-corrected chi connectivity index (χ0v) is 10.00. The van der Waals surface area contributed by atoms with E-state index in [4.69, 9.17) is 0 Å². The van der Waals surface area contributed by atoms with Crippen molar-refractivity contribution in [2.24, 2.45) is 17.8 Å². The van der Waals surface area contributed by atoms with Gasteiger partial charge in [-0.3, -0.25) is 0 Å². The number of rotatable bonds is 4. The Morgan fingerprint density at radius 1 is 1.07 bits per heavy atom. The van der Waals surface area contributed by atoms with Crippen molar-refractivity contribution in [2.75, 3.05) is 0 Å². The van der Waals surface area contributed by atoms with Crippen LogP contribution in [-0.2, 0) is 0 Å². The van der Waals surface area contributed by atoms with Gasteiger partial charge in [-0.1, -0.05) is 26.7 Å². The molecule has 0 aromatic heterocycles. The average Bonchev–Trinajstić information content (AvgIpc) is 2.15. The Kier molecular flexibility index (Phi) is 4.94. The van der Waals surface area contributed by atoms with Crippen LogP contribution in [0.3, 0.4) is 0 Å². The highest BCUT2D eigenvalue weighted by Crippen LogP contribution is 2.34. The second-order valence-electron chi connectivity index (χ2n) is 5.42. The normalized spacial score (nSPS) is 32.6. The Morgan fingerprint density at radius 3 is 2.14 bits per heavy atom. The lowest BCUT2D eigenvalue weighted by Crippen LogP contribution is -2.19. The Bertz CT molecular complexity index is 145. The molecule has 1 aliphatic carbocycles.